The fourth-order valence-electron chi connectivity index (χ4n) is 1.89. The average molecular weight is 219 g/mol. The third-order valence-electron chi connectivity index (χ3n) is 2.88. The molecule has 0 aromatic heterocycles. The third kappa shape index (κ3) is 5.79. The van der Waals surface area contributed by atoms with E-state index >= 15 is 0 Å². The van der Waals surface area contributed by atoms with E-state index in [0.29, 0.717) is 0 Å². The zero-order valence-corrected chi connectivity index (χ0v) is 10.8. The molecule has 0 radical (unpaired) electrons. The molecule has 0 aliphatic carbocycles. The van der Waals surface area contributed by atoms with Gasteiger partial charge in [0.25, 0.3) is 0 Å². The Labute approximate surface area is 100 Å². The van der Waals surface area contributed by atoms with Crippen molar-refractivity contribution < 1.29 is 0 Å². The molecule has 0 spiro atoms. The Kier molecular flexibility index (Phi) is 6.71. The highest BCUT2D eigenvalue weighted by atomic mass is 14.9. The molecule has 90 valence electrons. The third-order valence-corrected chi connectivity index (χ3v) is 2.88. The predicted molar refractivity (Wildman–Crippen MR) is 73.0 cm³/mol. The predicted octanol–water partition coefficient (Wildman–Crippen LogP) is 4.77. The Bertz CT molecular complexity index is 281. The summed E-state index contributed by atoms with van der Waals surface area (Å²) in [5, 5.41) is 3.48. The van der Waals surface area contributed by atoms with E-state index in [2.05, 4.69) is 43.4 Å². The Morgan fingerprint density at radius 3 is 2.50 bits per heavy atom. The smallest absolute Gasteiger partial charge is 0.0342 e. The van der Waals surface area contributed by atoms with Crippen LogP contribution in [0.25, 0.3) is 0 Å². The minimum absolute atomic E-state index is 1.11. The maximum atomic E-state index is 3.48. The molecule has 0 unspecified atom stereocenters. The highest BCUT2D eigenvalue weighted by molar-refractivity contribution is 5.45. The Hall–Kier alpha value is -0.980. The number of rotatable bonds is 8. The molecule has 1 rings (SSSR count). The van der Waals surface area contributed by atoms with Gasteiger partial charge in [-0.1, -0.05) is 51.2 Å². The summed E-state index contributed by atoms with van der Waals surface area (Å²) in [4.78, 5) is 0. The SMILES string of the molecule is CCCCCCCCNc1cccc(C)c1. The van der Waals surface area contributed by atoms with Crippen molar-refractivity contribution in [2.24, 2.45) is 0 Å². The minimum atomic E-state index is 1.11. The van der Waals surface area contributed by atoms with E-state index in [0.717, 1.165) is 6.54 Å². The van der Waals surface area contributed by atoms with Crippen molar-refractivity contribution in [3.63, 3.8) is 0 Å². The number of hydrogen-bond donors (Lipinski definition) is 1. The summed E-state index contributed by atoms with van der Waals surface area (Å²) in [5.41, 5.74) is 2.58. The largest absolute Gasteiger partial charge is 0.385 e. The topological polar surface area (TPSA) is 12.0 Å². The molecule has 1 heteroatoms. The van der Waals surface area contributed by atoms with Crippen LogP contribution in [0.3, 0.4) is 0 Å². The first-order valence-electron chi connectivity index (χ1n) is 6.63. The van der Waals surface area contributed by atoms with Gasteiger partial charge in [0.1, 0.15) is 0 Å². The highest BCUT2D eigenvalue weighted by Gasteiger charge is 1.92. The average Bonchev–Trinajstić information content (AvgIpc) is 2.28. The molecule has 1 N–H and O–H groups in total. The molecular formula is C15H25N. The van der Waals surface area contributed by atoms with E-state index in [1.807, 2.05) is 0 Å². The van der Waals surface area contributed by atoms with E-state index in [4.69, 9.17) is 0 Å². The van der Waals surface area contributed by atoms with Gasteiger partial charge >= 0.3 is 0 Å². The fraction of sp³-hybridized carbons (Fsp3) is 0.600. The van der Waals surface area contributed by atoms with E-state index in [1.165, 1.54) is 49.8 Å². The van der Waals surface area contributed by atoms with Gasteiger partial charge in [-0.3, -0.25) is 0 Å². The summed E-state index contributed by atoms with van der Waals surface area (Å²) in [5.74, 6) is 0. The first-order valence-corrected chi connectivity index (χ1v) is 6.63. The molecule has 0 heterocycles. The van der Waals surface area contributed by atoms with Gasteiger partial charge in [-0.05, 0) is 31.0 Å². The van der Waals surface area contributed by atoms with Crippen LogP contribution in [0.2, 0.25) is 0 Å². The molecular weight excluding hydrogens is 194 g/mol. The van der Waals surface area contributed by atoms with Crippen LogP contribution in [0.4, 0.5) is 5.69 Å². The molecule has 0 saturated carbocycles. The first-order chi connectivity index (χ1) is 7.83. The van der Waals surface area contributed by atoms with Crippen molar-refractivity contribution >= 4 is 5.69 Å². The molecule has 0 fully saturated rings. The molecule has 1 aromatic rings. The van der Waals surface area contributed by atoms with Crippen LogP contribution in [0.5, 0.6) is 0 Å². The van der Waals surface area contributed by atoms with Crippen LogP contribution < -0.4 is 5.32 Å². The summed E-state index contributed by atoms with van der Waals surface area (Å²) >= 11 is 0. The van der Waals surface area contributed by atoms with Crippen molar-refractivity contribution in [2.75, 3.05) is 11.9 Å². The molecule has 0 amide bonds. The lowest BCUT2D eigenvalue weighted by Gasteiger charge is -2.06. The molecule has 0 bridgehead atoms. The first kappa shape index (κ1) is 13.1. The van der Waals surface area contributed by atoms with Gasteiger partial charge in [0.15, 0.2) is 0 Å². The minimum Gasteiger partial charge on any atom is -0.385 e. The van der Waals surface area contributed by atoms with Gasteiger partial charge in [-0.15, -0.1) is 0 Å². The fourth-order valence-corrected chi connectivity index (χ4v) is 1.89. The van der Waals surface area contributed by atoms with Crippen LogP contribution in [-0.4, -0.2) is 6.54 Å². The lowest BCUT2D eigenvalue weighted by atomic mass is 10.1. The lowest BCUT2D eigenvalue weighted by molar-refractivity contribution is 0.617. The Morgan fingerprint density at radius 2 is 1.75 bits per heavy atom. The number of unbranched alkanes of at least 4 members (excludes halogenated alkanes) is 5. The quantitative estimate of drug-likeness (QED) is 0.621. The van der Waals surface area contributed by atoms with Crippen molar-refractivity contribution in [1.82, 2.24) is 0 Å². The number of nitrogens with one attached hydrogen (secondary N) is 1. The maximum absolute atomic E-state index is 3.48. The van der Waals surface area contributed by atoms with Crippen molar-refractivity contribution in [2.45, 2.75) is 52.4 Å². The van der Waals surface area contributed by atoms with Crippen molar-refractivity contribution in [3.05, 3.63) is 29.8 Å². The number of aryl methyl sites for hydroxylation is 1. The zero-order valence-electron chi connectivity index (χ0n) is 10.8. The number of anilines is 1. The van der Waals surface area contributed by atoms with Gasteiger partial charge in [0.05, 0.1) is 0 Å². The number of benzene rings is 1. The van der Waals surface area contributed by atoms with Crippen LogP contribution in [0, 0.1) is 6.92 Å². The molecule has 0 saturated heterocycles. The van der Waals surface area contributed by atoms with Gasteiger partial charge in [0, 0.05) is 12.2 Å². The molecule has 0 atom stereocenters. The van der Waals surface area contributed by atoms with Gasteiger partial charge in [-0.25, -0.2) is 0 Å². The van der Waals surface area contributed by atoms with Crippen molar-refractivity contribution in [1.29, 1.82) is 0 Å². The molecule has 1 nitrogen and oxygen atoms in total. The van der Waals surface area contributed by atoms with Crippen LogP contribution in [-0.2, 0) is 0 Å². The van der Waals surface area contributed by atoms with Gasteiger partial charge in [0.2, 0.25) is 0 Å². The summed E-state index contributed by atoms with van der Waals surface area (Å²) < 4.78 is 0. The second kappa shape index (κ2) is 8.20. The molecule has 16 heavy (non-hydrogen) atoms. The molecule has 0 aliphatic heterocycles. The van der Waals surface area contributed by atoms with Crippen LogP contribution in [0.1, 0.15) is 51.0 Å². The second-order valence-electron chi connectivity index (χ2n) is 4.56. The number of hydrogen-bond acceptors (Lipinski definition) is 1. The van der Waals surface area contributed by atoms with Gasteiger partial charge in [-0.2, -0.15) is 0 Å². The molecule has 0 aliphatic rings. The summed E-state index contributed by atoms with van der Waals surface area (Å²) in [6, 6.07) is 8.59. The normalized spacial score (nSPS) is 10.4. The monoisotopic (exact) mass is 219 g/mol. The molecule has 1 aromatic carbocycles. The van der Waals surface area contributed by atoms with E-state index < -0.39 is 0 Å². The van der Waals surface area contributed by atoms with E-state index in [9.17, 15) is 0 Å². The lowest BCUT2D eigenvalue weighted by Crippen LogP contribution is -2.01. The van der Waals surface area contributed by atoms with Crippen LogP contribution in [0.15, 0.2) is 24.3 Å². The Balaban J connectivity index is 2.03. The van der Waals surface area contributed by atoms with E-state index in [1.54, 1.807) is 0 Å². The summed E-state index contributed by atoms with van der Waals surface area (Å²) in [7, 11) is 0. The highest BCUT2D eigenvalue weighted by Crippen LogP contribution is 2.10. The van der Waals surface area contributed by atoms with Crippen molar-refractivity contribution in [3.8, 4) is 0 Å². The standard InChI is InChI=1S/C15H25N/c1-3-4-5-6-7-8-12-16-15-11-9-10-14(2)13-15/h9-11,13,16H,3-8,12H2,1-2H3. The summed E-state index contributed by atoms with van der Waals surface area (Å²) in [6.07, 6.45) is 8.17. The zero-order chi connectivity index (χ0) is 11.6. The van der Waals surface area contributed by atoms with Gasteiger partial charge < -0.3 is 5.32 Å². The Morgan fingerprint density at radius 1 is 1.00 bits per heavy atom. The summed E-state index contributed by atoms with van der Waals surface area (Å²) in [6.45, 7) is 5.50. The second-order valence-corrected chi connectivity index (χ2v) is 4.56. The van der Waals surface area contributed by atoms with Crippen LogP contribution >= 0.6 is 0 Å². The maximum Gasteiger partial charge on any atom is 0.0342 e. The van der Waals surface area contributed by atoms with E-state index in [-0.39, 0.29) is 0 Å².